The highest BCUT2D eigenvalue weighted by atomic mass is 79.9. The van der Waals surface area contributed by atoms with Crippen LogP contribution in [-0.4, -0.2) is 26.6 Å². The zero-order valence-electron chi connectivity index (χ0n) is 16.6. The molecule has 6 nitrogen and oxygen atoms in total. The van der Waals surface area contributed by atoms with E-state index in [0.29, 0.717) is 25.4 Å². The molecule has 1 aromatic heterocycles. The summed E-state index contributed by atoms with van der Waals surface area (Å²) in [4.78, 5) is 3.39. The molecule has 0 bridgehead atoms. The van der Waals surface area contributed by atoms with Gasteiger partial charge in [0.05, 0.1) is 4.90 Å². The topological polar surface area (TPSA) is 83.2 Å². The average molecular weight is 500 g/mol. The molecule has 3 N–H and O–H groups in total. The van der Waals surface area contributed by atoms with Crippen LogP contribution in [0.2, 0.25) is 0 Å². The van der Waals surface area contributed by atoms with E-state index in [0.717, 1.165) is 26.7 Å². The van der Waals surface area contributed by atoms with Gasteiger partial charge in [0.15, 0.2) is 0 Å². The summed E-state index contributed by atoms with van der Waals surface area (Å²) in [5.41, 5.74) is 2.55. The van der Waals surface area contributed by atoms with Crippen LogP contribution in [0.3, 0.4) is 0 Å². The number of hydrogen-bond donors (Lipinski definition) is 3. The van der Waals surface area contributed by atoms with Crippen molar-refractivity contribution in [1.82, 2.24) is 10.3 Å². The van der Waals surface area contributed by atoms with E-state index in [-0.39, 0.29) is 4.90 Å². The van der Waals surface area contributed by atoms with E-state index in [2.05, 4.69) is 31.0 Å². The molecule has 0 radical (unpaired) electrons. The molecule has 4 rings (SSSR count). The fourth-order valence-electron chi connectivity index (χ4n) is 3.22. The second-order valence-corrected chi connectivity index (χ2v) is 9.58. The van der Waals surface area contributed by atoms with Gasteiger partial charge in [-0.1, -0.05) is 34.1 Å². The first-order chi connectivity index (χ1) is 15.0. The molecule has 0 aliphatic rings. The number of H-pyrrole nitrogens is 1. The highest BCUT2D eigenvalue weighted by molar-refractivity contribution is 9.10. The SMILES string of the molecule is O=S(=O)(Nc1cccc(CNCCOc2cccc3[nH]ccc23)c1)c1ccc(Br)cc1. The Morgan fingerprint density at radius 1 is 0.968 bits per heavy atom. The fourth-order valence-corrected chi connectivity index (χ4v) is 4.53. The van der Waals surface area contributed by atoms with Crippen molar-refractivity contribution in [3.8, 4) is 5.75 Å². The molecule has 1 heterocycles. The number of nitrogens with one attached hydrogen (secondary N) is 3. The third kappa shape index (κ3) is 5.46. The first kappa shape index (κ1) is 21.4. The van der Waals surface area contributed by atoms with Crippen molar-refractivity contribution in [2.24, 2.45) is 0 Å². The standard InChI is InChI=1S/C23H22BrN3O3S/c24-18-7-9-20(10-8-18)31(28,29)27-19-4-1-3-17(15-19)16-25-13-14-30-23-6-2-5-22-21(23)11-12-26-22/h1-12,15,25-27H,13-14,16H2. The maximum absolute atomic E-state index is 12.6. The van der Waals surface area contributed by atoms with Crippen molar-refractivity contribution >= 4 is 42.5 Å². The summed E-state index contributed by atoms with van der Waals surface area (Å²) in [5, 5.41) is 4.39. The van der Waals surface area contributed by atoms with E-state index >= 15 is 0 Å². The number of sulfonamides is 1. The molecule has 160 valence electrons. The zero-order valence-corrected chi connectivity index (χ0v) is 19.0. The van der Waals surface area contributed by atoms with Crippen LogP contribution in [0.15, 0.2) is 88.4 Å². The molecule has 0 aliphatic carbocycles. The molecule has 0 unspecified atom stereocenters. The maximum atomic E-state index is 12.6. The number of benzene rings is 3. The lowest BCUT2D eigenvalue weighted by Gasteiger charge is -2.11. The second kappa shape index (κ2) is 9.55. The van der Waals surface area contributed by atoms with E-state index in [1.807, 2.05) is 48.7 Å². The van der Waals surface area contributed by atoms with Crippen LogP contribution < -0.4 is 14.8 Å². The Kier molecular flexibility index (Phi) is 6.60. The Morgan fingerprint density at radius 3 is 2.61 bits per heavy atom. The number of rotatable bonds is 9. The van der Waals surface area contributed by atoms with Crippen LogP contribution in [-0.2, 0) is 16.6 Å². The van der Waals surface area contributed by atoms with E-state index in [1.165, 1.54) is 0 Å². The van der Waals surface area contributed by atoms with Crippen molar-refractivity contribution < 1.29 is 13.2 Å². The summed E-state index contributed by atoms with van der Waals surface area (Å²) in [5.74, 6) is 0.852. The van der Waals surface area contributed by atoms with Crippen LogP contribution in [0.5, 0.6) is 5.75 Å². The Morgan fingerprint density at radius 2 is 1.77 bits per heavy atom. The number of aromatic nitrogens is 1. The molecule has 0 saturated heterocycles. The normalized spacial score (nSPS) is 11.5. The summed E-state index contributed by atoms with van der Waals surface area (Å²) < 4.78 is 34.5. The van der Waals surface area contributed by atoms with Gasteiger partial charge in [-0.15, -0.1) is 0 Å². The molecule has 0 fully saturated rings. The minimum Gasteiger partial charge on any atom is -0.492 e. The molecular weight excluding hydrogens is 478 g/mol. The largest absolute Gasteiger partial charge is 0.492 e. The molecule has 0 amide bonds. The molecule has 4 aromatic rings. The molecule has 8 heteroatoms. The number of halogens is 1. The molecule has 0 atom stereocenters. The van der Waals surface area contributed by atoms with Gasteiger partial charge in [0.1, 0.15) is 12.4 Å². The first-order valence-electron chi connectivity index (χ1n) is 9.78. The molecule has 0 saturated carbocycles. The highest BCUT2D eigenvalue weighted by Gasteiger charge is 2.14. The van der Waals surface area contributed by atoms with Crippen LogP contribution in [0.4, 0.5) is 5.69 Å². The van der Waals surface area contributed by atoms with Gasteiger partial charge in [-0.05, 0) is 60.2 Å². The number of anilines is 1. The summed E-state index contributed by atoms with van der Waals surface area (Å²) in [6.07, 6.45) is 1.90. The molecule has 0 aliphatic heterocycles. The minimum atomic E-state index is -3.63. The van der Waals surface area contributed by atoms with Crippen LogP contribution >= 0.6 is 15.9 Å². The predicted molar refractivity (Wildman–Crippen MR) is 127 cm³/mol. The zero-order chi connectivity index (χ0) is 21.7. The van der Waals surface area contributed by atoms with E-state index in [9.17, 15) is 8.42 Å². The third-order valence-corrected chi connectivity index (χ3v) is 6.65. The van der Waals surface area contributed by atoms with Crippen LogP contribution in [0.1, 0.15) is 5.56 Å². The summed E-state index contributed by atoms with van der Waals surface area (Å²) >= 11 is 3.31. The minimum absolute atomic E-state index is 0.216. The first-order valence-corrected chi connectivity index (χ1v) is 12.1. The smallest absolute Gasteiger partial charge is 0.261 e. The van der Waals surface area contributed by atoms with Gasteiger partial charge < -0.3 is 15.0 Å². The summed E-state index contributed by atoms with van der Waals surface area (Å²) in [6, 6.07) is 21.8. The molecule has 0 spiro atoms. The highest BCUT2D eigenvalue weighted by Crippen LogP contribution is 2.24. The van der Waals surface area contributed by atoms with Crippen LogP contribution in [0.25, 0.3) is 10.9 Å². The quantitative estimate of drug-likeness (QED) is 0.286. The Hall–Kier alpha value is -2.81. The van der Waals surface area contributed by atoms with E-state index in [1.54, 1.807) is 30.3 Å². The van der Waals surface area contributed by atoms with Crippen molar-refractivity contribution in [3.63, 3.8) is 0 Å². The second-order valence-electron chi connectivity index (χ2n) is 6.98. The number of hydrogen-bond acceptors (Lipinski definition) is 4. The summed E-state index contributed by atoms with van der Waals surface area (Å²) in [6.45, 7) is 1.79. The Labute approximate surface area is 189 Å². The predicted octanol–water partition coefficient (Wildman–Crippen LogP) is 4.90. The maximum Gasteiger partial charge on any atom is 0.261 e. The van der Waals surface area contributed by atoms with Crippen molar-refractivity contribution in [1.29, 1.82) is 0 Å². The van der Waals surface area contributed by atoms with Gasteiger partial charge >= 0.3 is 0 Å². The third-order valence-electron chi connectivity index (χ3n) is 4.72. The lowest BCUT2D eigenvalue weighted by molar-refractivity contribution is 0.317. The van der Waals surface area contributed by atoms with Crippen molar-refractivity contribution in [3.05, 3.63) is 89.0 Å². The van der Waals surface area contributed by atoms with E-state index < -0.39 is 10.0 Å². The monoisotopic (exact) mass is 499 g/mol. The van der Waals surface area contributed by atoms with Gasteiger partial charge in [-0.3, -0.25) is 4.72 Å². The van der Waals surface area contributed by atoms with Gasteiger partial charge in [0, 0.05) is 40.3 Å². The molecule has 31 heavy (non-hydrogen) atoms. The Bertz CT molecular complexity index is 1270. The Balaban J connectivity index is 1.29. The number of ether oxygens (including phenoxy) is 1. The van der Waals surface area contributed by atoms with Gasteiger partial charge in [0.25, 0.3) is 10.0 Å². The molecular formula is C23H22BrN3O3S. The van der Waals surface area contributed by atoms with Crippen molar-refractivity contribution in [2.75, 3.05) is 17.9 Å². The fraction of sp³-hybridized carbons (Fsp3) is 0.130. The van der Waals surface area contributed by atoms with Crippen molar-refractivity contribution in [2.45, 2.75) is 11.4 Å². The number of aromatic amines is 1. The molecule has 3 aromatic carbocycles. The summed E-state index contributed by atoms with van der Waals surface area (Å²) in [7, 11) is -3.63. The van der Waals surface area contributed by atoms with Crippen LogP contribution in [0, 0.1) is 0 Å². The lowest BCUT2D eigenvalue weighted by atomic mass is 10.2. The van der Waals surface area contributed by atoms with Gasteiger partial charge in [0.2, 0.25) is 0 Å². The van der Waals surface area contributed by atoms with Gasteiger partial charge in [-0.25, -0.2) is 8.42 Å². The lowest BCUT2D eigenvalue weighted by Crippen LogP contribution is -2.20. The van der Waals surface area contributed by atoms with E-state index in [4.69, 9.17) is 4.74 Å². The number of fused-ring (bicyclic) bond motifs is 1. The average Bonchev–Trinajstić information content (AvgIpc) is 3.23. The van der Waals surface area contributed by atoms with Gasteiger partial charge in [-0.2, -0.15) is 0 Å².